The van der Waals surface area contributed by atoms with Gasteiger partial charge >= 0.3 is 5.97 Å². The van der Waals surface area contributed by atoms with Gasteiger partial charge in [-0.3, -0.25) is 9.69 Å². The van der Waals surface area contributed by atoms with E-state index in [9.17, 15) is 9.59 Å². The monoisotopic (exact) mass is 523 g/mol. The molecule has 0 unspecified atom stereocenters. The molecule has 1 amide bonds. The highest BCUT2D eigenvalue weighted by atomic mass is 32.2. The number of hydrogen-bond donors (Lipinski definition) is 0. The standard InChI is InChI=1S/C27H29N3O4S2/c1-4-34-26(32)17-10-12-18(13-11-17)28-27-30(19-8-6-5-7-9-19)24(31)23(36-27)25-29(2)21-16-20(33-3)14-15-22(21)35-25/h10-16,19H,4-9H2,1-3H3. The third kappa shape index (κ3) is 4.74. The fourth-order valence-corrected chi connectivity index (χ4v) is 7.09. The summed E-state index contributed by atoms with van der Waals surface area (Å²) in [6, 6.07) is 13.2. The van der Waals surface area contributed by atoms with E-state index in [2.05, 4.69) is 4.90 Å². The van der Waals surface area contributed by atoms with Crippen LogP contribution in [0.5, 0.6) is 5.75 Å². The number of carbonyl (C=O) groups is 2. The minimum atomic E-state index is -0.351. The Bertz CT molecular complexity index is 1240. The molecule has 3 aliphatic rings. The summed E-state index contributed by atoms with van der Waals surface area (Å²) in [4.78, 5) is 36.5. The second kappa shape index (κ2) is 10.6. The number of benzene rings is 2. The molecule has 0 atom stereocenters. The first kappa shape index (κ1) is 24.8. The number of hydrogen-bond acceptors (Lipinski definition) is 8. The minimum Gasteiger partial charge on any atom is -0.497 e. The Kier molecular flexibility index (Phi) is 7.29. The zero-order chi connectivity index (χ0) is 25.2. The summed E-state index contributed by atoms with van der Waals surface area (Å²) in [5, 5.41) is 1.61. The van der Waals surface area contributed by atoms with E-state index in [1.165, 1.54) is 18.2 Å². The number of ether oxygens (including phenoxy) is 2. The number of aliphatic imine (C=N–C) groups is 1. The van der Waals surface area contributed by atoms with Gasteiger partial charge in [0, 0.05) is 24.1 Å². The number of fused-ring (bicyclic) bond motifs is 1. The normalized spacial score (nSPS) is 21.3. The van der Waals surface area contributed by atoms with Crippen molar-refractivity contribution in [3.8, 4) is 5.75 Å². The maximum absolute atomic E-state index is 13.9. The number of amidine groups is 1. The molecule has 2 aromatic rings. The van der Waals surface area contributed by atoms with E-state index >= 15 is 0 Å². The highest BCUT2D eigenvalue weighted by molar-refractivity contribution is 8.19. The summed E-state index contributed by atoms with van der Waals surface area (Å²) in [7, 11) is 3.65. The van der Waals surface area contributed by atoms with Gasteiger partial charge in [-0.2, -0.15) is 0 Å². The molecule has 5 rings (SSSR count). The number of amides is 1. The highest BCUT2D eigenvalue weighted by Crippen LogP contribution is 2.51. The lowest BCUT2D eigenvalue weighted by Gasteiger charge is -2.30. The SMILES string of the molecule is CCOC(=O)c1ccc(N=C2SC(=C3Sc4ccc(OC)cc4N3C)C(=O)N2C2CCCCC2)cc1. The second-order valence-electron chi connectivity index (χ2n) is 8.86. The molecule has 7 nitrogen and oxygen atoms in total. The predicted molar refractivity (Wildman–Crippen MR) is 145 cm³/mol. The highest BCUT2D eigenvalue weighted by Gasteiger charge is 2.42. The summed E-state index contributed by atoms with van der Waals surface area (Å²) < 4.78 is 10.5. The van der Waals surface area contributed by atoms with Crippen molar-refractivity contribution in [3.63, 3.8) is 0 Å². The minimum absolute atomic E-state index is 0.0166. The second-order valence-corrected chi connectivity index (χ2v) is 10.9. The number of nitrogens with zero attached hydrogens (tertiary/aromatic N) is 3. The van der Waals surface area contributed by atoms with Gasteiger partial charge in [-0.05, 0) is 67.9 Å². The molecule has 0 aromatic heterocycles. The third-order valence-corrected chi connectivity index (χ3v) is 9.00. The van der Waals surface area contributed by atoms with Crippen LogP contribution in [0.4, 0.5) is 11.4 Å². The van der Waals surface area contributed by atoms with Crippen molar-refractivity contribution in [2.45, 2.75) is 50.0 Å². The first-order chi connectivity index (χ1) is 17.5. The van der Waals surface area contributed by atoms with Crippen molar-refractivity contribution in [3.05, 3.63) is 58.0 Å². The van der Waals surface area contributed by atoms with E-state index in [4.69, 9.17) is 14.5 Å². The summed E-state index contributed by atoms with van der Waals surface area (Å²) in [5.74, 6) is 0.452. The number of anilines is 1. The number of rotatable bonds is 5. The quantitative estimate of drug-likeness (QED) is 0.342. The molecule has 188 valence electrons. The molecule has 9 heteroatoms. The summed E-state index contributed by atoms with van der Waals surface area (Å²) in [5.41, 5.74) is 2.21. The van der Waals surface area contributed by atoms with Crippen LogP contribution in [0.2, 0.25) is 0 Å². The summed E-state index contributed by atoms with van der Waals surface area (Å²) in [6.45, 7) is 2.12. The molecule has 0 bridgehead atoms. The molecule has 0 N–H and O–H groups in total. The fraction of sp³-hybridized carbons (Fsp3) is 0.370. The fourth-order valence-electron chi connectivity index (χ4n) is 4.70. The lowest BCUT2D eigenvalue weighted by molar-refractivity contribution is -0.124. The molecule has 2 aliphatic heterocycles. The molecule has 2 heterocycles. The number of esters is 1. The van der Waals surface area contributed by atoms with Crippen LogP contribution in [0.25, 0.3) is 0 Å². The van der Waals surface area contributed by atoms with Gasteiger partial charge in [0.15, 0.2) is 5.17 Å². The molecule has 1 aliphatic carbocycles. The van der Waals surface area contributed by atoms with E-state index in [-0.39, 0.29) is 17.9 Å². The maximum atomic E-state index is 13.9. The van der Waals surface area contributed by atoms with Gasteiger partial charge in [-0.25, -0.2) is 9.79 Å². The first-order valence-electron chi connectivity index (χ1n) is 12.2. The van der Waals surface area contributed by atoms with Crippen molar-refractivity contribution in [2.75, 3.05) is 25.7 Å². The van der Waals surface area contributed by atoms with Crippen molar-refractivity contribution in [1.29, 1.82) is 0 Å². The van der Waals surface area contributed by atoms with Crippen LogP contribution >= 0.6 is 23.5 Å². The molecule has 1 saturated carbocycles. The van der Waals surface area contributed by atoms with Gasteiger partial charge in [0.25, 0.3) is 5.91 Å². The molecule has 2 aromatic carbocycles. The lowest BCUT2D eigenvalue weighted by Crippen LogP contribution is -2.40. The zero-order valence-corrected chi connectivity index (χ0v) is 22.3. The Morgan fingerprint density at radius 2 is 1.83 bits per heavy atom. The third-order valence-electron chi connectivity index (χ3n) is 6.59. The van der Waals surface area contributed by atoms with Crippen LogP contribution in [0.15, 0.2) is 62.3 Å². The Hall–Kier alpha value is -2.91. The van der Waals surface area contributed by atoms with E-state index in [0.29, 0.717) is 27.9 Å². The van der Waals surface area contributed by atoms with Gasteiger partial charge in [0.1, 0.15) is 10.7 Å². The predicted octanol–water partition coefficient (Wildman–Crippen LogP) is 6.18. The van der Waals surface area contributed by atoms with E-state index in [1.54, 1.807) is 50.1 Å². The van der Waals surface area contributed by atoms with Crippen molar-refractivity contribution >= 4 is 51.9 Å². The van der Waals surface area contributed by atoms with Gasteiger partial charge in [0.2, 0.25) is 0 Å². The largest absolute Gasteiger partial charge is 0.497 e. The van der Waals surface area contributed by atoms with Gasteiger partial charge in [-0.1, -0.05) is 31.0 Å². The Balaban J connectivity index is 1.49. The van der Waals surface area contributed by atoms with Gasteiger partial charge in [-0.15, -0.1) is 0 Å². The molecule has 0 radical (unpaired) electrons. The Morgan fingerprint density at radius 1 is 1.08 bits per heavy atom. The van der Waals surface area contributed by atoms with Crippen molar-refractivity contribution < 1.29 is 19.1 Å². The van der Waals surface area contributed by atoms with Crippen molar-refractivity contribution in [2.24, 2.45) is 4.99 Å². The van der Waals surface area contributed by atoms with Gasteiger partial charge in [0.05, 0.1) is 35.7 Å². The average Bonchev–Trinajstić information content (AvgIpc) is 3.40. The number of carbonyl (C=O) groups excluding carboxylic acids is 2. The van der Waals surface area contributed by atoms with E-state index in [1.807, 2.05) is 30.1 Å². The van der Waals surface area contributed by atoms with Crippen LogP contribution in [0, 0.1) is 0 Å². The smallest absolute Gasteiger partial charge is 0.338 e. The van der Waals surface area contributed by atoms with Crippen LogP contribution in [0.1, 0.15) is 49.4 Å². The van der Waals surface area contributed by atoms with Crippen LogP contribution in [0.3, 0.4) is 0 Å². The zero-order valence-electron chi connectivity index (χ0n) is 20.7. The first-order valence-corrected chi connectivity index (χ1v) is 13.8. The number of methoxy groups -OCH3 is 1. The topological polar surface area (TPSA) is 71.4 Å². The van der Waals surface area contributed by atoms with E-state index < -0.39 is 0 Å². The Labute approximate surface area is 219 Å². The molecule has 0 spiro atoms. The van der Waals surface area contributed by atoms with Crippen LogP contribution in [-0.4, -0.2) is 48.8 Å². The summed E-state index contributed by atoms with van der Waals surface area (Å²) >= 11 is 3.04. The lowest BCUT2D eigenvalue weighted by atomic mass is 9.94. The molecule has 2 fully saturated rings. The summed E-state index contributed by atoms with van der Waals surface area (Å²) in [6.07, 6.45) is 5.41. The molecular weight excluding hydrogens is 494 g/mol. The molecule has 36 heavy (non-hydrogen) atoms. The average molecular weight is 524 g/mol. The maximum Gasteiger partial charge on any atom is 0.338 e. The van der Waals surface area contributed by atoms with Crippen LogP contribution < -0.4 is 9.64 Å². The van der Waals surface area contributed by atoms with Crippen molar-refractivity contribution in [1.82, 2.24) is 4.90 Å². The van der Waals surface area contributed by atoms with E-state index in [0.717, 1.165) is 47.0 Å². The Morgan fingerprint density at radius 3 is 2.53 bits per heavy atom. The molecule has 1 saturated heterocycles. The van der Waals surface area contributed by atoms with Gasteiger partial charge < -0.3 is 14.4 Å². The number of thioether (sulfide) groups is 2. The van der Waals surface area contributed by atoms with Crippen LogP contribution in [-0.2, 0) is 9.53 Å². The molecular formula is C27H29N3O4S2.